The molecule has 1 saturated carbocycles. The summed E-state index contributed by atoms with van der Waals surface area (Å²) in [5.41, 5.74) is 1.05. The fourth-order valence-electron chi connectivity index (χ4n) is 2.56. The van der Waals surface area contributed by atoms with E-state index in [0.717, 1.165) is 11.8 Å². The molecule has 1 aliphatic rings. The molecule has 2 atom stereocenters. The lowest BCUT2D eigenvalue weighted by Gasteiger charge is -2.51. The van der Waals surface area contributed by atoms with Crippen molar-refractivity contribution in [2.75, 3.05) is 0 Å². The number of rotatable bonds is 0. The molecule has 0 aliphatic heterocycles. The van der Waals surface area contributed by atoms with Crippen molar-refractivity contribution in [3.63, 3.8) is 0 Å². The van der Waals surface area contributed by atoms with Crippen LogP contribution >= 0.6 is 0 Å². The molecule has 0 heteroatoms. The second-order valence-corrected chi connectivity index (χ2v) is 6.13. The number of hydrogen-bond acceptors (Lipinski definition) is 0. The van der Waals surface area contributed by atoms with Gasteiger partial charge in [0, 0.05) is 0 Å². The third-order valence-corrected chi connectivity index (χ3v) is 4.47. The highest BCUT2D eigenvalue weighted by molar-refractivity contribution is 4.93. The quantitative estimate of drug-likeness (QED) is 0.511. The summed E-state index contributed by atoms with van der Waals surface area (Å²) in [5, 5.41) is 0. The predicted octanol–water partition coefficient (Wildman–Crippen LogP) is 4.10. The molecule has 12 heavy (non-hydrogen) atoms. The van der Waals surface area contributed by atoms with Crippen LogP contribution in [-0.4, -0.2) is 0 Å². The van der Waals surface area contributed by atoms with Crippen LogP contribution in [0.15, 0.2) is 0 Å². The van der Waals surface area contributed by atoms with E-state index in [9.17, 15) is 0 Å². The van der Waals surface area contributed by atoms with Crippen molar-refractivity contribution in [2.24, 2.45) is 22.7 Å². The Morgan fingerprint density at radius 2 is 1.00 bits per heavy atom. The van der Waals surface area contributed by atoms with E-state index in [-0.39, 0.29) is 0 Å². The average molecular weight is 168 g/mol. The molecule has 1 fully saturated rings. The van der Waals surface area contributed by atoms with Crippen LogP contribution in [-0.2, 0) is 0 Å². The van der Waals surface area contributed by atoms with Crippen molar-refractivity contribution in [2.45, 2.75) is 54.4 Å². The summed E-state index contributed by atoms with van der Waals surface area (Å²) in [7, 11) is 0. The van der Waals surface area contributed by atoms with Crippen molar-refractivity contribution < 1.29 is 0 Å². The molecule has 1 aliphatic carbocycles. The van der Waals surface area contributed by atoms with Crippen LogP contribution < -0.4 is 0 Å². The standard InChI is InChI=1S/C12H24/c1-9-7-11(3,4)12(5,6)8-10(9)2/h9-10H,7-8H2,1-6H3. The van der Waals surface area contributed by atoms with E-state index >= 15 is 0 Å². The SMILES string of the molecule is CC1CC(C)(C)C(C)(C)CC1C. The van der Waals surface area contributed by atoms with Crippen LogP contribution in [0.5, 0.6) is 0 Å². The zero-order valence-electron chi connectivity index (χ0n) is 9.57. The highest BCUT2D eigenvalue weighted by Gasteiger charge is 2.43. The molecule has 0 aromatic rings. The second-order valence-electron chi connectivity index (χ2n) is 6.13. The third kappa shape index (κ3) is 1.53. The van der Waals surface area contributed by atoms with Crippen molar-refractivity contribution >= 4 is 0 Å². The molecule has 0 saturated heterocycles. The van der Waals surface area contributed by atoms with Gasteiger partial charge in [-0.2, -0.15) is 0 Å². The highest BCUT2D eigenvalue weighted by atomic mass is 14.5. The maximum absolute atomic E-state index is 2.43. The lowest BCUT2D eigenvalue weighted by atomic mass is 9.55. The first-order valence-corrected chi connectivity index (χ1v) is 5.26. The molecule has 0 radical (unpaired) electrons. The highest BCUT2D eigenvalue weighted by Crippen LogP contribution is 2.53. The van der Waals surface area contributed by atoms with Gasteiger partial charge in [-0.25, -0.2) is 0 Å². The van der Waals surface area contributed by atoms with Crippen LogP contribution in [0.2, 0.25) is 0 Å². The van der Waals surface area contributed by atoms with Gasteiger partial charge in [0.15, 0.2) is 0 Å². The van der Waals surface area contributed by atoms with Gasteiger partial charge in [-0.15, -0.1) is 0 Å². The van der Waals surface area contributed by atoms with Crippen molar-refractivity contribution in [3.8, 4) is 0 Å². The molecule has 0 aromatic carbocycles. The molecule has 0 nitrogen and oxygen atoms in total. The molecule has 2 unspecified atom stereocenters. The van der Waals surface area contributed by atoms with Gasteiger partial charge >= 0.3 is 0 Å². The average Bonchev–Trinajstić information content (AvgIpc) is 1.82. The minimum atomic E-state index is 0.527. The molecule has 0 spiro atoms. The maximum Gasteiger partial charge on any atom is -0.0300 e. The molecule has 1 rings (SSSR count). The molecular weight excluding hydrogens is 144 g/mol. The molecule has 0 N–H and O–H groups in total. The molecular formula is C12H24. The van der Waals surface area contributed by atoms with Gasteiger partial charge in [-0.05, 0) is 35.5 Å². The lowest BCUT2D eigenvalue weighted by Crippen LogP contribution is -2.41. The molecule has 72 valence electrons. The first-order valence-electron chi connectivity index (χ1n) is 5.26. The van der Waals surface area contributed by atoms with E-state index in [4.69, 9.17) is 0 Å². The summed E-state index contributed by atoms with van der Waals surface area (Å²) in [6.45, 7) is 14.5. The summed E-state index contributed by atoms with van der Waals surface area (Å²) in [5.74, 6) is 1.82. The van der Waals surface area contributed by atoms with E-state index in [0.29, 0.717) is 10.8 Å². The molecule has 0 amide bonds. The van der Waals surface area contributed by atoms with Crippen molar-refractivity contribution in [3.05, 3.63) is 0 Å². The Morgan fingerprint density at radius 3 is 1.25 bits per heavy atom. The molecule has 0 bridgehead atoms. The lowest BCUT2D eigenvalue weighted by molar-refractivity contribution is -0.00645. The monoisotopic (exact) mass is 168 g/mol. The van der Waals surface area contributed by atoms with Crippen LogP contribution in [0.25, 0.3) is 0 Å². The van der Waals surface area contributed by atoms with Crippen molar-refractivity contribution in [1.29, 1.82) is 0 Å². The second kappa shape index (κ2) is 2.75. The maximum atomic E-state index is 2.43. The van der Waals surface area contributed by atoms with Crippen LogP contribution in [0.3, 0.4) is 0 Å². The fourth-order valence-corrected chi connectivity index (χ4v) is 2.56. The minimum Gasteiger partial charge on any atom is -0.0622 e. The van der Waals surface area contributed by atoms with Gasteiger partial charge in [0.2, 0.25) is 0 Å². The minimum absolute atomic E-state index is 0.527. The predicted molar refractivity (Wildman–Crippen MR) is 55.1 cm³/mol. The van der Waals surface area contributed by atoms with E-state index < -0.39 is 0 Å². The van der Waals surface area contributed by atoms with E-state index in [1.165, 1.54) is 12.8 Å². The molecule has 0 aromatic heterocycles. The Bertz CT molecular complexity index is 145. The molecule has 0 heterocycles. The summed E-state index contributed by atoms with van der Waals surface area (Å²) in [6, 6.07) is 0. The van der Waals surface area contributed by atoms with Gasteiger partial charge in [-0.3, -0.25) is 0 Å². The first kappa shape index (κ1) is 10.1. The van der Waals surface area contributed by atoms with E-state index in [1.807, 2.05) is 0 Å². The third-order valence-electron chi connectivity index (χ3n) is 4.47. The van der Waals surface area contributed by atoms with Gasteiger partial charge in [0.05, 0.1) is 0 Å². The summed E-state index contributed by atoms with van der Waals surface area (Å²) >= 11 is 0. The Kier molecular flexibility index (Phi) is 2.31. The zero-order chi connectivity index (χ0) is 9.57. The Hall–Kier alpha value is 0. The van der Waals surface area contributed by atoms with E-state index in [1.54, 1.807) is 0 Å². The smallest absolute Gasteiger partial charge is 0.0300 e. The summed E-state index contributed by atoms with van der Waals surface area (Å²) in [6.07, 6.45) is 2.78. The van der Waals surface area contributed by atoms with Crippen LogP contribution in [0, 0.1) is 22.7 Å². The number of hydrogen-bond donors (Lipinski definition) is 0. The topological polar surface area (TPSA) is 0 Å². The Morgan fingerprint density at radius 1 is 0.750 bits per heavy atom. The van der Waals surface area contributed by atoms with E-state index in [2.05, 4.69) is 41.5 Å². The van der Waals surface area contributed by atoms with Gasteiger partial charge in [0.25, 0.3) is 0 Å². The largest absolute Gasteiger partial charge is 0.0622 e. The Balaban J connectivity index is 2.80. The van der Waals surface area contributed by atoms with Crippen LogP contribution in [0.4, 0.5) is 0 Å². The van der Waals surface area contributed by atoms with Crippen molar-refractivity contribution in [1.82, 2.24) is 0 Å². The van der Waals surface area contributed by atoms with Crippen LogP contribution in [0.1, 0.15) is 54.4 Å². The zero-order valence-corrected chi connectivity index (χ0v) is 9.57. The first-order chi connectivity index (χ1) is 5.26. The Labute approximate surface area is 77.7 Å². The fraction of sp³-hybridized carbons (Fsp3) is 1.00. The normalized spacial score (nSPS) is 39.5. The van der Waals surface area contributed by atoms with Gasteiger partial charge in [-0.1, -0.05) is 41.5 Å². The van der Waals surface area contributed by atoms with Gasteiger partial charge < -0.3 is 0 Å². The summed E-state index contributed by atoms with van der Waals surface area (Å²) in [4.78, 5) is 0. The van der Waals surface area contributed by atoms with Gasteiger partial charge in [0.1, 0.15) is 0 Å². The summed E-state index contributed by atoms with van der Waals surface area (Å²) < 4.78 is 0.